The number of nitrogens with one attached hydrogen (secondary N) is 2. The fourth-order valence-electron chi connectivity index (χ4n) is 3.62. The number of ketones is 1. The first-order valence-corrected chi connectivity index (χ1v) is 10.0. The summed E-state index contributed by atoms with van der Waals surface area (Å²) in [6.45, 7) is 6.46. The average Bonchev–Trinajstić information content (AvgIpc) is 2.67. The van der Waals surface area contributed by atoms with Crippen molar-refractivity contribution in [2.24, 2.45) is 5.92 Å². The van der Waals surface area contributed by atoms with Crippen LogP contribution in [0.5, 0.6) is 0 Å². The minimum absolute atomic E-state index is 0.181. The van der Waals surface area contributed by atoms with Gasteiger partial charge in [-0.3, -0.25) is 4.79 Å². The molecule has 1 aliphatic rings. The summed E-state index contributed by atoms with van der Waals surface area (Å²) in [5.41, 5.74) is 6.12. The molecule has 1 aliphatic carbocycles. The number of hydrogen-bond acceptors (Lipinski definition) is 3. The number of anilines is 2. The van der Waals surface area contributed by atoms with Gasteiger partial charge in [0.2, 0.25) is 0 Å². The molecule has 0 saturated heterocycles. The maximum absolute atomic E-state index is 13.1. The molecular formula is C25H30N2O. The van der Waals surface area contributed by atoms with Gasteiger partial charge in [0.15, 0.2) is 5.78 Å². The van der Waals surface area contributed by atoms with Crippen molar-refractivity contribution in [3.63, 3.8) is 0 Å². The molecule has 0 aliphatic heterocycles. The van der Waals surface area contributed by atoms with Gasteiger partial charge in [-0.05, 0) is 80.2 Å². The Hall–Kier alpha value is -2.81. The van der Waals surface area contributed by atoms with Gasteiger partial charge in [-0.2, -0.15) is 0 Å². The predicted octanol–water partition coefficient (Wildman–Crippen LogP) is 6.01. The molecule has 1 saturated carbocycles. The summed E-state index contributed by atoms with van der Waals surface area (Å²) in [6.07, 6.45) is 5.76. The van der Waals surface area contributed by atoms with E-state index >= 15 is 0 Å². The van der Waals surface area contributed by atoms with Crippen LogP contribution in [0.2, 0.25) is 0 Å². The van der Waals surface area contributed by atoms with Crippen LogP contribution in [0.15, 0.2) is 59.7 Å². The molecule has 28 heavy (non-hydrogen) atoms. The van der Waals surface area contributed by atoms with Crippen molar-refractivity contribution < 1.29 is 4.79 Å². The van der Waals surface area contributed by atoms with Crippen molar-refractivity contribution in [1.82, 2.24) is 0 Å². The molecule has 2 aromatic rings. The highest BCUT2D eigenvalue weighted by Crippen LogP contribution is 2.32. The summed E-state index contributed by atoms with van der Waals surface area (Å²) in [5.74, 6) is 0.647. The lowest BCUT2D eigenvalue weighted by atomic mass is 9.81. The van der Waals surface area contributed by atoms with E-state index in [9.17, 15) is 4.79 Å². The van der Waals surface area contributed by atoms with Crippen molar-refractivity contribution in [3.8, 4) is 0 Å². The molecule has 0 aromatic heterocycles. The van der Waals surface area contributed by atoms with Crippen LogP contribution in [0.3, 0.4) is 0 Å². The molecule has 0 amide bonds. The van der Waals surface area contributed by atoms with Gasteiger partial charge in [0.05, 0.1) is 0 Å². The van der Waals surface area contributed by atoms with E-state index in [1.807, 2.05) is 25.3 Å². The second-order valence-corrected chi connectivity index (χ2v) is 7.97. The number of carbonyl (C=O) groups is 1. The smallest absolute Gasteiger partial charge is 0.185 e. The molecule has 2 N–H and O–H groups in total. The highest BCUT2D eigenvalue weighted by atomic mass is 16.1. The Morgan fingerprint density at radius 3 is 1.75 bits per heavy atom. The maximum Gasteiger partial charge on any atom is 0.185 e. The van der Waals surface area contributed by atoms with Gasteiger partial charge in [-0.15, -0.1) is 0 Å². The molecule has 3 rings (SSSR count). The quantitative estimate of drug-likeness (QED) is 0.629. The van der Waals surface area contributed by atoms with Gasteiger partial charge < -0.3 is 10.6 Å². The van der Waals surface area contributed by atoms with E-state index in [0.717, 1.165) is 46.5 Å². The first-order chi connectivity index (χ1) is 13.4. The second kappa shape index (κ2) is 8.92. The zero-order valence-corrected chi connectivity index (χ0v) is 17.3. The van der Waals surface area contributed by atoms with Gasteiger partial charge in [0.1, 0.15) is 0 Å². The second-order valence-electron chi connectivity index (χ2n) is 7.97. The molecule has 146 valence electrons. The van der Waals surface area contributed by atoms with Crippen LogP contribution in [-0.2, 0) is 4.79 Å². The molecule has 3 heteroatoms. The molecule has 1 unspecified atom stereocenters. The summed E-state index contributed by atoms with van der Waals surface area (Å²) in [5, 5.41) is 6.51. The highest BCUT2D eigenvalue weighted by Gasteiger charge is 2.25. The van der Waals surface area contributed by atoms with Crippen LogP contribution in [0, 0.1) is 5.92 Å². The van der Waals surface area contributed by atoms with Crippen LogP contribution in [0.1, 0.15) is 44.7 Å². The number of benzene rings is 2. The van der Waals surface area contributed by atoms with Crippen LogP contribution >= 0.6 is 0 Å². The Bertz CT molecular complexity index is 874. The Morgan fingerprint density at radius 1 is 0.857 bits per heavy atom. The van der Waals surface area contributed by atoms with Crippen molar-refractivity contribution in [3.05, 3.63) is 70.8 Å². The lowest BCUT2D eigenvalue weighted by Gasteiger charge is -2.22. The molecule has 0 radical (unpaired) electrons. The lowest BCUT2D eigenvalue weighted by Crippen LogP contribution is -2.18. The molecule has 1 atom stereocenters. The fourth-order valence-corrected chi connectivity index (χ4v) is 3.62. The SMILES string of the molecule is CNc1ccc(/C=C2\CC(C)C/C(=C\c3ccc(NC(C)C)cc3)C2=O)cc1. The fraction of sp³-hybridized carbons (Fsp3) is 0.320. The minimum atomic E-state index is 0.181. The van der Waals surface area contributed by atoms with Crippen molar-refractivity contribution >= 4 is 29.3 Å². The maximum atomic E-state index is 13.1. The molecule has 0 heterocycles. The standard InChI is InChI=1S/C25H30N2O/c1-17(2)27-24-11-7-20(8-12-24)16-22-14-18(3)13-21(25(22)28)15-19-5-9-23(26-4)10-6-19/h5-12,15-18,26-27H,13-14H2,1-4H3/b21-15+,22-16+. The third-order valence-electron chi connectivity index (χ3n) is 4.97. The average molecular weight is 375 g/mol. The Morgan fingerprint density at radius 2 is 1.32 bits per heavy atom. The zero-order chi connectivity index (χ0) is 20.1. The molecule has 1 fully saturated rings. The third kappa shape index (κ3) is 5.13. The summed E-state index contributed by atoms with van der Waals surface area (Å²) >= 11 is 0. The van der Waals surface area contributed by atoms with E-state index in [2.05, 4.69) is 73.9 Å². The largest absolute Gasteiger partial charge is 0.388 e. The van der Waals surface area contributed by atoms with E-state index in [1.165, 1.54) is 0 Å². The van der Waals surface area contributed by atoms with Gasteiger partial charge in [0, 0.05) is 35.6 Å². The number of rotatable bonds is 5. The predicted molar refractivity (Wildman–Crippen MR) is 121 cm³/mol. The molecule has 0 spiro atoms. The minimum Gasteiger partial charge on any atom is -0.388 e. The number of hydrogen-bond donors (Lipinski definition) is 2. The summed E-state index contributed by atoms with van der Waals surface area (Å²) < 4.78 is 0. The zero-order valence-electron chi connectivity index (χ0n) is 17.3. The van der Waals surface area contributed by atoms with Gasteiger partial charge in [0.25, 0.3) is 0 Å². The highest BCUT2D eigenvalue weighted by molar-refractivity contribution is 6.14. The van der Waals surface area contributed by atoms with Crippen LogP contribution in [0.25, 0.3) is 12.2 Å². The number of allylic oxidation sites excluding steroid dienone is 2. The van der Waals surface area contributed by atoms with Crippen molar-refractivity contribution in [2.75, 3.05) is 17.7 Å². The van der Waals surface area contributed by atoms with Gasteiger partial charge in [-0.1, -0.05) is 31.2 Å². The normalized spacial score (nSPS) is 20.0. The Labute approximate surface area is 168 Å². The van der Waals surface area contributed by atoms with Crippen LogP contribution in [0.4, 0.5) is 11.4 Å². The van der Waals surface area contributed by atoms with E-state index < -0.39 is 0 Å². The first kappa shape index (κ1) is 19.9. The number of carbonyl (C=O) groups excluding carboxylic acids is 1. The molecule has 3 nitrogen and oxygen atoms in total. The van der Waals surface area contributed by atoms with E-state index in [4.69, 9.17) is 0 Å². The topological polar surface area (TPSA) is 41.1 Å². The molecule has 2 aromatic carbocycles. The Balaban J connectivity index is 1.82. The molecular weight excluding hydrogens is 344 g/mol. The van der Waals surface area contributed by atoms with Crippen LogP contribution < -0.4 is 10.6 Å². The van der Waals surface area contributed by atoms with Gasteiger partial charge >= 0.3 is 0 Å². The van der Waals surface area contributed by atoms with Crippen molar-refractivity contribution in [1.29, 1.82) is 0 Å². The van der Waals surface area contributed by atoms with E-state index in [1.54, 1.807) is 0 Å². The number of Topliss-reactive ketones (excluding diaryl/α,β-unsaturated/α-hetero) is 1. The summed E-state index contributed by atoms with van der Waals surface area (Å²) in [4.78, 5) is 13.1. The monoisotopic (exact) mass is 374 g/mol. The van der Waals surface area contributed by atoms with Crippen molar-refractivity contribution in [2.45, 2.75) is 39.7 Å². The molecule has 0 bridgehead atoms. The van der Waals surface area contributed by atoms with E-state index in [0.29, 0.717) is 12.0 Å². The lowest BCUT2D eigenvalue weighted by molar-refractivity contribution is -0.113. The van der Waals surface area contributed by atoms with Crippen LogP contribution in [-0.4, -0.2) is 18.9 Å². The Kier molecular flexibility index (Phi) is 6.35. The summed E-state index contributed by atoms with van der Waals surface area (Å²) in [6, 6.07) is 16.9. The third-order valence-corrected chi connectivity index (χ3v) is 4.97. The van der Waals surface area contributed by atoms with Gasteiger partial charge in [-0.25, -0.2) is 0 Å². The first-order valence-electron chi connectivity index (χ1n) is 10.0. The summed E-state index contributed by atoms with van der Waals surface area (Å²) in [7, 11) is 1.91. The van der Waals surface area contributed by atoms with E-state index in [-0.39, 0.29) is 5.78 Å².